The van der Waals surface area contributed by atoms with Crippen molar-refractivity contribution in [3.8, 4) is 17.0 Å². The maximum Gasteiger partial charge on any atom is 0.490 e. The molecule has 0 aliphatic carbocycles. The predicted molar refractivity (Wildman–Crippen MR) is 137 cm³/mol. The Labute approximate surface area is 235 Å². The van der Waals surface area contributed by atoms with Crippen molar-refractivity contribution in [2.24, 2.45) is 7.05 Å². The van der Waals surface area contributed by atoms with E-state index in [9.17, 15) is 31.1 Å². The molecule has 0 saturated heterocycles. The van der Waals surface area contributed by atoms with Crippen molar-refractivity contribution in [3.63, 3.8) is 0 Å². The topological polar surface area (TPSA) is 144 Å². The van der Waals surface area contributed by atoms with Crippen LogP contribution in [0.25, 0.3) is 21.2 Å². The fourth-order valence-corrected chi connectivity index (χ4v) is 4.55. The summed E-state index contributed by atoms with van der Waals surface area (Å²) in [4.78, 5) is 34.6. The van der Waals surface area contributed by atoms with E-state index in [2.05, 4.69) is 33.6 Å². The molecule has 42 heavy (non-hydrogen) atoms. The number of carboxylic acid groups (broad SMARTS) is 2. The second-order valence-electron chi connectivity index (χ2n) is 8.42. The van der Waals surface area contributed by atoms with Crippen LogP contribution in [0.4, 0.5) is 26.3 Å². The van der Waals surface area contributed by atoms with Crippen LogP contribution in [0.5, 0.6) is 5.88 Å². The number of hydrogen-bond donors (Lipinski definition) is 3. The molecule has 1 aliphatic heterocycles. The molecule has 4 heterocycles. The first-order valence-electron chi connectivity index (χ1n) is 11.5. The van der Waals surface area contributed by atoms with E-state index in [0.717, 1.165) is 34.5 Å². The number of benzene rings is 1. The maximum absolute atomic E-state index is 12.8. The summed E-state index contributed by atoms with van der Waals surface area (Å²) in [5, 5.41) is 24.6. The minimum Gasteiger partial charge on any atom is -0.475 e. The molecular weight excluding hydrogens is 598 g/mol. The first-order chi connectivity index (χ1) is 19.6. The van der Waals surface area contributed by atoms with E-state index in [-0.39, 0.29) is 5.56 Å². The third-order valence-electron chi connectivity index (χ3n) is 5.49. The summed E-state index contributed by atoms with van der Waals surface area (Å²) < 4.78 is 71.7. The standard InChI is InChI=1S/C21H18N4O2S.2C2HF3O2/c1-25-21(26)18-17(14-4-6-22-7-5-14)12-28-19(18)20(24-25)27-11-13-2-3-15-9-23-10-16(15)8-13;2*3-2(4,5)1(6)7/h2-8,12,23H,9-11H2,1H3;2*(H,6,7). The fraction of sp³-hybridized carbons (Fsp3) is 0.240. The zero-order valence-electron chi connectivity index (χ0n) is 21.3. The number of fused-ring (bicyclic) bond motifs is 2. The van der Waals surface area contributed by atoms with Gasteiger partial charge in [0.15, 0.2) is 0 Å². The van der Waals surface area contributed by atoms with Crippen molar-refractivity contribution in [3.05, 3.63) is 75.1 Å². The van der Waals surface area contributed by atoms with Crippen LogP contribution < -0.4 is 15.6 Å². The number of aromatic nitrogens is 3. The van der Waals surface area contributed by atoms with E-state index in [1.165, 1.54) is 27.1 Å². The molecule has 1 aliphatic rings. The lowest BCUT2D eigenvalue weighted by molar-refractivity contribution is -0.193. The summed E-state index contributed by atoms with van der Waals surface area (Å²) in [5.74, 6) is -5.03. The molecule has 3 aromatic heterocycles. The molecule has 224 valence electrons. The van der Waals surface area contributed by atoms with Gasteiger partial charge in [0.25, 0.3) is 5.56 Å². The van der Waals surface area contributed by atoms with Crippen LogP contribution in [0.15, 0.2) is 52.9 Å². The number of rotatable bonds is 4. The lowest BCUT2D eigenvalue weighted by Gasteiger charge is -2.09. The van der Waals surface area contributed by atoms with Gasteiger partial charge in [-0.2, -0.15) is 26.3 Å². The van der Waals surface area contributed by atoms with Gasteiger partial charge in [-0.15, -0.1) is 16.4 Å². The first-order valence-corrected chi connectivity index (χ1v) is 12.4. The third kappa shape index (κ3) is 8.03. The van der Waals surface area contributed by atoms with Crippen molar-refractivity contribution in [2.75, 3.05) is 0 Å². The van der Waals surface area contributed by atoms with E-state index >= 15 is 0 Å². The molecule has 5 rings (SSSR count). The molecule has 0 unspecified atom stereocenters. The predicted octanol–water partition coefficient (Wildman–Crippen LogP) is 4.51. The lowest BCUT2D eigenvalue weighted by atomic mass is 10.1. The quantitative estimate of drug-likeness (QED) is 0.282. The molecule has 1 aromatic carbocycles. The smallest absolute Gasteiger partial charge is 0.475 e. The maximum atomic E-state index is 12.8. The highest BCUT2D eigenvalue weighted by Gasteiger charge is 2.38. The van der Waals surface area contributed by atoms with Gasteiger partial charge in [0.1, 0.15) is 11.3 Å². The Morgan fingerprint density at radius 1 is 1.00 bits per heavy atom. The highest BCUT2D eigenvalue weighted by Crippen LogP contribution is 2.36. The molecule has 17 heteroatoms. The van der Waals surface area contributed by atoms with Gasteiger partial charge in [0.2, 0.25) is 5.88 Å². The minimum atomic E-state index is -5.08. The summed E-state index contributed by atoms with van der Waals surface area (Å²) >= 11 is 1.48. The highest BCUT2D eigenvalue weighted by molar-refractivity contribution is 7.18. The number of ether oxygens (including phenoxy) is 1. The Bertz CT molecular complexity index is 1610. The van der Waals surface area contributed by atoms with Gasteiger partial charge in [0, 0.05) is 43.5 Å². The molecule has 0 atom stereocenters. The Hall–Kier alpha value is -4.51. The van der Waals surface area contributed by atoms with Gasteiger partial charge in [-0.3, -0.25) is 9.78 Å². The van der Waals surface area contributed by atoms with Crippen molar-refractivity contribution < 1.29 is 50.9 Å². The number of aryl methyl sites for hydroxylation is 1. The van der Waals surface area contributed by atoms with Crippen LogP contribution in [0, 0.1) is 0 Å². The summed E-state index contributed by atoms with van der Waals surface area (Å²) in [6.45, 7) is 2.23. The second kappa shape index (κ2) is 13.0. The van der Waals surface area contributed by atoms with Crippen LogP contribution in [0.2, 0.25) is 0 Å². The summed E-state index contributed by atoms with van der Waals surface area (Å²) in [6, 6.07) is 10.2. The average molecular weight is 619 g/mol. The Kier molecular flexibility index (Phi) is 9.90. The number of pyridine rings is 1. The van der Waals surface area contributed by atoms with Gasteiger partial charge >= 0.3 is 24.3 Å². The number of hydrogen-bond acceptors (Lipinski definition) is 8. The Morgan fingerprint density at radius 2 is 1.57 bits per heavy atom. The van der Waals surface area contributed by atoms with Gasteiger partial charge < -0.3 is 20.3 Å². The van der Waals surface area contributed by atoms with E-state index in [4.69, 9.17) is 24.5 Å². The zero-order chi connectivity index (χ0) is 31.2. The van der Waals surface area contributed by atoms with Crippen molar-refractivity contribution >= 4 is 33.4 Å². The molecule has 0 amide bonds. The SMILES string of the molecule is Cn1nc(OCc2ccc3c(c2)CNC3)c2scc(-c3ccncc3)c2c1=O.O=C(O)C(F)(F)F.O=C(O)C(F)(F)F. The molecule has 0 radical (unpaired) electrons. The van der Waals surface area contributed by atoms with Crippen molar-refractivity contribution in [1.82, 2.24) is 20.1 Å². The second-order valence-corrected chi connectivity index (χ2v) is 9.30. The monoisotopic (exact) mass is 618 g/mol. The molecular formula is C25H20F6N4O6S. The van der Waals surface area contributed by atoms with E-state index < -0.39 is 24.3 Å². The molecule has 3 N–H and O–H groups in total. The van der Waals surface area contributed by atoms with E-state index in [1.807, 2.05) is 17.5 Å². The van der Waals surface area contributed by atoms with Gasteiger partial charge in [-0.05, 0) is 34.4 Å². The van der Waals surface area contributed by atoms with E-state index in [1.54, 1.807) is 19.4 Å². The minimum absolute atomic E-state index is 0.126. The number of nitrogens with zero attached hydrogens (tertiary/aromatic N) is 3. The number of thiophene rings is 1. The molecule has 0 saturated carbocycles. The van der Waals surface area contributed by atoms with Gasteiger partial charge in [-0.25, -0.2) is 14.3 Å². The normalized spacial score (nSPS) is 12.5. The average Bonchev–Trinajstić information content (AvgIpc) is 3.57. The number of carbonyl (C=O) groups is 2. The number of aliphatic carboxylic acids is 2. The van der Waals surface area contributed by atoms with Gasteiger partial charge in [0.05, 0.1) is 5.39 Å². The Morgan fingerprint density at radius 3 is 2.14 bits per heavy atom. The molecule has 10 nitrogen and oxygen atoms in total. The lowest BCUT2D eigenvalue weighted by Crippen LogP contribution is -2.21. The largest absolute Gasteiger partial charge is 0.490 e. The van der Waals surface area contributed by atoms with E-state index in [0.29, 0.717) is 17.9 Å². The van der Waals surface area contributed by atoms with Crippen LogP contribution in [-0.4, -0.2) is 49.3 Å². The molecule has 0 fully saturated rings. The number of alkyl halides is 6. The van der Waals surface area contributed by atoms with Gasteiger partial charge in [-0.1, -0.05) is 18.2 Å². The molecule has 0 bridgehead atoms. The fourth-order valence-electron chi connectivity index (χ4n) is 3.54. The van der Waals surface area contributed by atoms with Crippen LogP contribution >= 0.6 is 11.3 Å². The zero-order valence-corrected chi connectivity index (χ0v) is 22.1. The third-order valence-corrected chi connectivity index (χ3v) is 6.46. The van der Waals surface area contributed by atoms with Crippen LogP contribution in [-0.2, 0) is 36.3 Å². The van der Waals surface area contributed by atoms with Crippen molar-refractivity contribution in [2.45, 2.75) is 32.0 Å². The Balaban J connectivity index is 0.000000289. The van der Waals surface area contributed by atoms with Crippen LogP contribution in [0.1, 0.15) is 16.7 Å². The summed E-state index contributed by atoms with van der Waals surface area (Å²) in [5.41, 5.74) is 5.47. The highest BCUT2D eigenvalue weighted by atomic mass is 32.1. The number of carboxylic acids is 2. The molecule has 4 aromatic rings. The number of halogens is 6. The number of nitrogens with one attached hydrogen (secondary N) is 1. The summed E-state index contributed by atoms with van der Waals surface area (Å²) in [6.07, 6.45) is -6.71. The first kappa shape index (κ1) is 32.0. The van der Waals surface area contributed by atoms with Crippen molar-refractivity contribution in [1.29, 1.82) is 0 Å². The van der Waals surface area contributed by atoms with Crippen LogP contribution in [0.3, 0.4) is 0 Å². The molecule has 0 spiro atoms. The summed E-state index contributed by atoms with van der Waals surface area (Å²) in [7, 11) is 1.66.